The number of methoxy groups -OCH3 is 1. The molecule has 2 aliphatic rings. The van der Waals surface area contributed by atoms with Gasteiger partial charge in [0, 0.05) is 41.5 Å². The third-order valence-corrected chi connectivity index (χ3v) is 7.22. The van der Waals surface area contributed by atoms with Gasteiger partial charge < -0.3 is 18.9 Å². The van der Waals surface area contributed by atoms with Crippen LogP contribution in [0.4, 0.5) is 23.2 Å². The van der Waals surface area contributed by atoms with Gasteiger partial charge in [-0.15, -0.1) is 0 Å². The van der Waals surface area contributed by atoms with Crippen LogP contribution in [0.1, 0.15) is 40.9 Å². The highest BCUT2D eigenvalue weighted by atomic mass is 19.4. The number of ether oxygens (including phenoxy) is 2. The van der Waals surface area contributed by atoms with Crippen LogP contribution in [0.25, 0.3) is 16.9 Å². The molecule has 0 saturated carbocycles. The maximum atomic E-state index is 13.8. The monoisotopic (exact) mass is 568 g/mol. The molecule has 41 heavy (non-hydrogen) atoms. The van der Waals surface area contributed by atoms with Crippen LogP contribution in [0.2, 0.25) is 0 Å². The predicted molar refractivity (Wildman–Crippen MR) is 146 cm³/mol. The van der Waals surface area contributed by atoms with Crippen LogP contribution in [-0.4, -0.2) is 36.7 Å². The average molecular weight is 569 g/mol. The fourth-order valence-corrected chi connectivity index (χ4v) is 5.12. The number of hydrogen-bond acceptors (Lipinski definition) is 4. The van der Waals surface area contributed by atoms with E-state index in [9.17, 15) is 27.2 Å². The lowest BCUT2D eigenvalue weighted by molar-refractivity contribution is -0.137. The van der Waals surface area contributed by atoms with Crippen LogP contribution in [0.15, 0.2) is 72.6 Å². The van der Waals surface area contributed by atoms with Crippen LogP contribution in [0, 0.1) is 12.8 Å². The second-order valence-electron chi connectivity index (χ2n) is 10.0. The smallest absolute Gasteiger partial charge is 0.416 e. The second kappa shape index (κ2) is 11.3. The van der Waals surface area contributed by atoms with E-state index in [1.54, 1.807) is 52.8 Å². The van der Waals surface area contributed by atoms with Crippen molar-refractivity contribution in [2.75, 3.05) is 25.2 Å². The largest absolute Gasteiger partial charge is 0.492 e. The van der Waals surface area contributed by atoms with Crippen molar-refractivity contribution in [3.8, 4) is 22.7 Å². The molecule has 2 heterocycles. The Bertz CT molecular complexity index is 1550. The number of esters is 1. The van der Waals surface area contributed by atoms with Gasteiger partial charge in [0.25, 0.3) is 0 Å². The fraction of sp³-hybridized carbons (Fsp3) is 0.290. The van der Waals surface area contributed by atoms with Crippen LogP contribution in [0.3, 0.4) is 0 Å². The topological polar surface area (TPSA) is 60.8 Å². The zero-order chi connectivity index (χ0) is 29.3. The maximum Gasteiger partial charge on any atom is 0.416 e. The van der Waals surface area contributed by atoms with Crippen molar-refractivity contribution in [1.29, 1.82) is 0 Å². The number of carbonyl (C=O) groups excluding carboxylic acids is 2. The van der Waals surface area contributed by atoms with Gasteiger partial charge in [-0.3, -0.25) is 4.79 Å². The SMILES string of the molecule is COC(=O)c1cc(N2CCCC2=O)cc(-n2c(C)ccc2-c2cc(C(F)(F)F)ccc2OCC2C=CC(F)=CC2)c1. The molecule has 0 bridgehead atoms. The Morgan fingerprint density at radius 2 is 1.85 bits per heavy atom. The van der Waals surface area contributed by atoms with E-state index in [1.165, 1.54) is 25.3 Å². The Kier molecular flexibility index (Phi) is 7.75. The Morgan fingerprint density at radius 3 is 2.51 bits per heavy atom. The summed E-state index contributed by atoms with van der Waals surface area (Å²) in [6, 6.07) is 11.6. The Morgan fingerprint density at radius 1 is 1.07 bits per heavy atom. The lowest BCUT2D eigenvalue weighted by Gasteiger charge is -2.22. The summed E-state index contributed by atoms with van der Waals surface area (Å²) in [6.07, 6.45) is 1.33. The standard InChI is InChI=1S/C31H28F4N2O4/c1-19-5-11-27(37(19)25-15-21(30(39)40-2)14-24(17-25)36-13-3-4-29(36)38)26-16-22(31(33,34)35)8-12-28(26)41-18-20-6-9-23(32)10-7-20/h5-6,8-12,14-17,20H,3-4,7,13,18H2,1-2H3. The van der Waals surface area contributed by atoms with Crippen molar-refractivity contribution in [1.82, 2.24) is 4.57 Å². The highest BCUT2D eigenvalue weighted by Gasteiger charge is 2.32. The molecule has 0 spiro atoms. The van der Waals surface area contributed by atoms with Gasteiger partial charge in [-0.1, -0.05) is 6.08 Å². The first-order valence-corrected chi connectivity index (χ1v) is 13.2. The lowest BCUT2D eigenvalue weighted by atomic mass is 10.0. The van der Waals surface area contributed by atoms with E-state index in [0.29, 0.717) is 48.6 Å². The highest BCUT2D eigenvalue weighted by molar-refractivity contribution is 5.98. The molecule has 0 N–H and O–H groups in total. The van der Waals surface area contributed by atoms with E-state index in [0.717, 1.165) is 12.1 Å². The Labute approximate surface area is 234 Å². The van der Waals surface area contributed by atoms with Crippen LogP contribution in [0.5, 0.6) is 5.75 Å². The number of benzene rings is 2. The number of carbonyl (C=O) groups is 2. The molecule has 1 fully saturated rings. The molecule has 0 radical (unpaired) electrons. The summed E-state index contributed by atoms with van der Waals surface area (Å²) in [7, 11) is 1.25. The molecule has 1 unspecified atom stereocenters. The molecule has 1 atom stereocenters. The molecule has 5 rings (SSSR count). The van der Waals surface area contributed by atoms with E-state index in [-0.39, 0.29) is 41.1 Å². The van der Waals surface area contributed by atoms with Gasteiger partial charge in [0.1, 0.15) is 11.6 Å². The van der Waals surface area contributed by atoms with E-state index in [4.69, 9.17) is 9.47 Å². The summed E-state index contributed by atoms with van der Waals surface area (Å²) in [5, 5.41) is 0. The zero-order valence-electron chi connectivity index (χ0n) is 22.5. The zero-order valence-corrected chi connectivity index (χ0v) is 22.5. The molecule has 1 aliphatic heterocycles. The first-order valence-electron chi connectivity index (χ1n) is 13.2. The van der Waals surface area contributed by atoms with Crippen LogP contribution >= 0.6 is 0 Å². The molecule has 1 saturated heterocycles. The second-order valence-corrected chi connectivity index (χ2v) is 10.0. The van der Waals surface area contributed by atoms with E-state index < -0.39 is 17.7 Å². The number of anilines is 1. The van der Waals surface area contributed by atoms with Gasteiger partial charge in [0.15, 0.2) is 0 Å². The number of aromatic nitrogens is 1. The molecule has 1 aromatic heterocycles. The van der Waals surface area contributed by atoms with Crippen molar-refractivity contribution < 1.29 is 36.6 Å². The van der Waals surface area contributed by atoms with E-state index in [2.05, 4.69) is 0 Å². The summed E-state index contributed by atoms with van der Waals surface area (Å²) in [4.78, 5) is 26.7. The molecular formula is C31H28F4N2O4. The number of rotatable bonds is 7. The molecule has 2 aromatic carbocycles. The lowest BCUT2D eigenvalue weighted by Crippen LogP contribution is -2.24. The molecule has 3 aromatic rings. The van der Waals surface area contributed by atoms with Crippen molar-refractivity contribution in [3.05, 3.63) is 89.4 Å². The Balaban J connectivity index is 1.62. The normalized spacial score (nSPS) is 17.1. The summed E-state index contributed by atoms with van der Waals surface area (Å²) in [6.45, 7) is 2.41. The maximum absolute atomic E-state index is 13.8. The quantitative estimate of drug-likeness (QED) is 0.224. The third kappa shape index (κ3) is 5.91. The van der Waals surface area contributed by atoms with Gasteiger partial charge >= 0.3 is 12.1 Å². The van der Waals surface area contributed by atoms with Gasteiger partial charge in [0.2, 0.25) is 5.91 Å². The van der Waals surface area contributed by atoms with Gasteiger partial charge in [0.05, 0.1) is 30.5 Å². The molecular weight excluding hydrogens is 540 g/mol. The molecule has 1 amide bonds. The van der Waals surface area contributed by atoms with Gasteiger partial charge in [-0.05, 0) is 80.4 Å². The van der Waals surface area contributed by atoms with E-state index in [1.807, 2.05) is 0 Å². The minimum atomic E-state index is -4.59. The summed E-state index contributed by atoms with van der Waals surface area (Å²) in [5.41, 5.74) is 1.59. The minimum absolute atomic E-state index is 0.0810. The number of allylic oxidation sites excluding steroid dienone is 3. The molecule has 214 valence electrons. The summed E-state index contributed by atoms with van der Waals surface area (Å²) >= 11 is 0. The molecule has 1 aliphatic carbocycles. The number of hydrogen-bond donors (Lipinski definition) is 0. The van der Waals surface area contributed by atoms with Crippen molar-refractivity contribution in [2.24, 2.45) is 5.92 Å². The number of aryl methyl sites for hydroxylation is 1. The number of halogens is 4. The number of amides is 1. The van der Waals surface area contributed by atoms with Crippen molar-refractivity contribution in [3.63, 3.8) is 0 Å². The first kappa shape index (κ1) is 28.2. The van der Waals surface area contributed by atoms with Crippen molar-refractivity contribution in [2.45, 2.75) is 32.4 Å². The van der Waals surface area contributed by atoms with Gasteiger partial charge in [-0.2, -0.15) is 13.2 Å². The number of nitrogens with zero attached hydrogens (tertiary/aromatic N) is 2. The van der Waals surface area contributed by atoms with Crippen LogP contribution in [-0.2, 0) is 15.7 Å². The fourth-order valence-electron chi connectivity index (χ4n) is 5.12. The first-order chi connectivity index (χ1) is 19.5. The Hall–Kier alpha value is -4.34. The summed E-state index contributed by atoms with van der Waals surface area (Å²) in [5.74, 6) is -0.952. The van der Waals surface area contributed by atoms with Crippen molar-refractivity contribution >= 4 is 17.6 Å². The number of alkyl halides is 3. The molecule has 6 nitrogen and oxygen atoms in total. The molecule has 10 heteroatoms. The summed E-state index contributed by atoms with van der Waals surface area (Å²) < 4.78 is 67.5. The van der Waals surface area contributed by atoms with Crippen LogP contribution < -0.4 is 9.64 Å². The van der Waals surface area contributed by atoms with Gasteiger partial charge in [-0.25, -0.2) is 9.18 Å². The predicted octanol–water partition coefficient (Wildman–Crippen LogP) is 7.19. The highest BCUT2D eigenvalue weighted by Crippen LogP contribution is 2.40. The van der Waals surface area contributed by atoms with E-state index >= 15 is 0 Å². The minimum Gasteiger partial charge on any atom is -0.492 e. The third-order valence-electron chi connectivity index (χ3n) is 7.22. The average Bonchev–Trinajstić information content (AvgIpc) is 3.56.